The largest absolute Gasteiger partial charge is 0.494 e. The van der Waals surface area contributed by atoms with E-state index in [2.05, 4.69) is 69.3 Å². The number of nitrogens with zero attached hydrogens (tertiary/aromatic N) is 4. The molecule has 0 saturated carbocycles. The van der Waals surface area contributed by atoms with E-state index < -0.39 is 5.95 Å². The standard InChI is InChI=1S/C32H42FN5O2/c1-6-40-29-9-7-27(8-10-29)38(21-26-20-34-15-11-22(26)2)28-13-17-37(18-14-28)24(4)12-16-35-32(39)31-23(3)19-30(33)36-25(31)5/h7-11,15,19-20,24,28H,6,12-14,16-18,21H2,1-5H3,(H,35,39). The molecule has 3 aromatic rings. The van der Waals surface area contributed by atoms with Crippen LogP contribution in [-0.2, 0) is 6.54 Å². The van der Waals surface area contributed by atoms with Crippen LogP contribution in [0, 0.1) is 26.7 Å². The zero-order valence-electron chi connectivity index (χ0n) is 24.4. The fourth-order valence-electron chi connectivity index (χ4n) is 5.61. The topological polar surface area (TPSA) is 70.6 Å². The molecule has 40 heavy (non-hydrogen) atoms. The van der Waals surface area contributed by atoms with Gasteiger partial charge in [-0.1, -0.05) is 0 Å². The lowest BCUT2D eigenvalue weighted by Crippen LogP contribution is -2.48. The smallest absolute Gasteiger partial charge is 0.253 e. The zero-order chi connectivity index (χ0) is 28.6. The van der Waals surface area contributed by atoms with Crippen LogP contribution in [0.2, 0.25) is 0 Å². The molecule has 1 aliphatic heterocycles. The number of carbonyl (C=O) groups is 1. The van der Waals surface area contributed by atoms with Crippen molar-refractivity contribution in [3.63, 3.8) is 0 Å². The fourth-order valence-corrected chi connectivity index (χ4v) is 5.61. The second kappa shape index (κ2) is 13.7. The molecule has 4 rings (SSSR count). The molecule has 7 nitrogen and oxygen atoms in total. The highest BCUT2D eigenvalue weighted by atomic mass is 19.1. The lowest BCUT2D eigenvalue weighted by molar-refractivity contribution is 0.0943. The van der Waals surface area contributed by atoms with Crippen LogP contribution in [0.15, 0.2) is 48.8 Å². The first-order valence-corrected chi connectivity index (χ1v) is 14.3. The van der Waals surface area contributed by atoms with Gasteiger partial charge in [-0.2, -0.15) is 4.39 Å². The van der Waals surface area contributed by atoms with Gasteiger partial charge in [0.1, 0.15) is 5.75 Å². The summed E-state index contributed by atoms with van der Waals surface area (Å²) in [4.78, 5) is 26.0. The van der Waals surface area contributed by atoms with Crippen molar-refractivity contribution in [3.05, 3.63) is 82.7 Å². The number of halogens is 1. The minimum Gasteiger partial charge on any atom is -0.494 e. The molecule has 3 heterocycles. The normalized spacial score (nSPS) is 15.1. The minimum absolute atomic E-state index is 0.190. The number of benzene rings is 1. The summed E-state index contributed by atoms with van der Waals surface area (Å²) in [5.74, 6) is 0.144. The van der Waals surface area contributed by atoms with Crippen molar-refractivity contribution in [2.45, 2.75) is 72.5 Å². The molecule has 1 N–H and O–H groups in total. The number of hydrogen-bond donors (Lipinski definition) is 1. The van der Waals surface area contributed by atoms with Gasteiger partial charge in [-0.15, -0.1) is 0 Å². The highest BCUT2D eigenvalue weighted by molar-refractivity contribution is 5.96. The molecule has 0 bridgehead atoms. The van der Waals surface area contributed by atoms with Crippen LogP contribution in [-0.4, -0.2) is 59.1 Å². The maximum absolute atomic E-state index is 13.5. The Bertz CT molecular complexity index is 1250. The van der Waals surface area contributed by atoms with E-state index in [1.165, 1.54) is 22.9 Å². The van der Waals surface area contributed by atoms with Crippen molar-refractivity contribution in [3.8, 4) is 5.75 Å². The molecule has 214 valence electrons. The number of amides is 1. The molecule has 1 aliphatic rings. The second-order valence-corrected chi connectivity index (χ2v) is 10.7. The van der Waals surface area contributed by atoms with Crippen LogP contribution in [0.25, 0.3) is 0 Å². The van der Waals surface area contributed by atoms with E-state index in [-0.39, 0.29) is 5.91 Å². The summed E-state index contributed by atoms with van der Waals surface area (Å²) in [7, 11) is 0. The number of aryl methyl sites for hydroxylation is 3. The van der Waals surface area contributed by atoms with Crippen LogP contribution in [0.5, 0.6) is 5.75 Å². The molecule has 1 amide bonds. The van der Waals surface area contributed by atoms with E-state index in [1.807, 2.05) is 19.3 Å². The maximum Gasteiger partial charge on any atom is 0.253 e. The number of aromatic nitrogens is 2. The maximum atomic E-state index is 13.5. The lowest BCUT2D eigenvalue weighted by atomic mass is 9.99. The van der Waals surface area contributed by atoms with Gasteiger partial charge < -0.3 is 19.9 Å². The van der Waals surface area contributed by atoms with Gasteiger partial charge in [-0.3, -0.25) is 9.78 Å². The first kappa shape index (κ1) is 29.5. The zero-order valence-corrected chi connectivity index (χ0v) is 24.4. The summed E-state index contributed by atoms with van der Waals surface area (Å²) in [5, 5.41) is 3.01. The van der Waals surface area contributed by atoms with E-state index in [9.17, 15) is 9.18 Å². The number of likely N-dealkylation sites (tertiary alicyclic amines) is 1. The Kier molecular flexibility index (Phi) is 10.1. The van der Waals surface area contributed by atoms with Gasteiger partial charge in [0.15, 0.2) is 0 Å². The number of piperidine rings is 1. The van der Waals surface area contributed by atoms with E-state index in [0.29, 0.717) is 42.1 Å². The number of nitrogens with one attached hydrogen (secondary N) is 1. The second-order valence-electron chi connectivity index (χ2n) is 10.7. The highest BCUT2D eigenvalue weighted by Gasteiger charge is 2.28. The molecule has 0 spiro atoms. The first-order valence-electron chi connectivity index (χ1n) is 14.3. The summed E-state index contributed by atoms with van der Waals surface area (Å²) in [6, 6.07) is 12.6. The Labute approximate surface area is 237 Å². The van der Waals surface area contributed by atoms with Gasteiger partial charge in [0.2, 0.25) is 5.95 Å². The summed E-state index contributed by atoms with van der Waals surface area (Å²) >= 11 is 0. The van der Waals surface area contributed by atoms with Crippen molar-refractivity contribution >= 4 is 11.6 Å². The van der Waals surface area contributed by atoms with Crippen molar-refractivity contribution in [2.24, 2.45) is 0 Å². The highest BCUT2D eigenvalue weighted by Crippen LogP contribution is 2.29. The molecular formula is C32H42FN5O2. The molecule has 1 unspecified atom stereocenters. The Balaban J connectivity index is 1.35. The summed E-state index contributed by atoms with van der Waals surface area (Å²) in [6.45, 7) is 13.8. The summed E-state index contributed by atoms with van der Waals surface area (Å²) in [5.41, 5.74) is 5.18. The van der Waals surface area contributed by atoms with Crippen molar-refractivity contribution in [1.29, 1.82) is 0 Å². The third-order valence-corrected chi connectivity index (χ3v) is 7.97. The monoisotopic (exact) mass is 547 g/mol. The van der Waals surface area contributed by atoms with Gasteiger partial charge in [0.25, 0.3) is 5.91 Å². The Morgan fingerprint density at radius 2 is 1.88 bits per heavy atom. The van der Waals surface area contributed by atoms with Gasteiger partial charge in [-0.05, 0) is 107 Å². The van der Waals surface area contributed by atoms with E-state index in [1.54, 1.807) is 13.8 Å². The average molecular weight is 548 g/mol. The summed E-state index contributed by atoms with van der Waals surface area (Å²) in [6.07, 6.45) is 6.79. The third-order valence-electron chi connectivity index (χ3n) is 7.97. The molecule has 0 aliphatic carbocycles. The van der Waals surface area contributed by atoms with Crippen molar-refractivity contribution in [1.82, 2.24) is 20.2 Å². The van der Waals surface area contributed by atoms with Gasteiger partial charge in [0.05, 0.1) is 17.9 Å². The number of ether oxygens (including phenoxy) is 1. The Hall–Kier alpha value is -3.52. The molecule has 0 radical (unpaired) electrons. The lowest BCUT2D eigenvalue weighted by Gasteiger charge is -2.42. The van der Waals surface area contributed by atoms with Crippen LogP contribution < -0.4 is 15.0 Å². The summed E-state index contributed by atoms with van der Waals surface area (Å²) < 4.78 is 19.2. The van der Waals surface area contributed by atoms with Crippen LogP contribution in [0.1, 0.15) is 65.9 Å². The molecular weight excluding hydrogens is 505 g/mol. The van der Waals surface area contributed by atoms with E-state index in [0.717, 1.165) is 44.6 Å². The minimum atomic E-state index is -0.555. The molecule has 1 atom stereocenters. The van der Waals surface area contributed by atoms with Gasteiger partial charge in [-0.25, -0.2) is 4.98 Å². The van der Waals surface area contributed by atoms with E-state index >= 15 is 0 Å². The van der Waals surface area contributed by atoms with Crippen LogP contribution in [0.3, 0.4) is 0 Å². The molecule has 1 aromatic carbocycles. The molecule has 1 saturated heterocycles. The quantitative estimate of drug-likeness (QED) is 0.314. The molecule has 8 heteroatoms. The van der Waals surface area contributed by atoms with Crippen molar-refractivity contribution < 1.29 is 13.9 Å². The van der Waals surface area contributed by atoms with E-state index in [4.69, 9.17) is 4.74 Å². The average Bonchev–Trinajstić information content (AvgIpc) is 2.93. The predicted octanol–water partition coefficient (Wildman–Crippen LogP) is 5.62. The first-order chi connectivity index (χ1) is 19.3. The molecule has 1 fully saturated rings. The number of anilines is 1. The van der Waals surface area contributed by atoms with Gasteiger partial charge in [0, 0.05) is 56.3 Å². The number of hydrogen-bond acceptors (Lipinski definition) is 6. The number of rotatable bonds is 11. The van der Waals surface area contributed by atoms with Gasteiger partial charge >= 0.3 is 0 Å². The Morgan fingerprint density at radius 1 is 1.15 bits per heavy atom. The fraction of sp³-hybridized carbons (Fsp3) is 0.469. The number of carbonyl (C=O) groups excluding carboxylic acids is 1. The van der Waals surface area contributed by atoms with Crippen molar-refractivity contribution in [2.75, 3.05) is 31.1 Å². The predicted molar refractivity (Wildman–Crippen MR) is 157 cm³/mol. The number of pyridine rings is 2. The Morgan fingerprint density at radius 3 is 2.52 bits per heavy atom. The van der Waals surface area contributed by atoms with Crippen LogP contribution in [0.4, 0.5) is 10.1 Å². The molecule has 2 aromatic heterocycles. The van der Waals surface area contributed by atoms with Crippen LogP contribution >= 0.6 is 0 Å². The third kappa shape index (κ3) is 7.36. The SMILES string of the molecule is CCOc1ccc(N(Cc2cnccc2C)C2CCN(C(C)CCNC(=O)c3c(C)cc(F)nc3C)CC2)cc1.